The average molecular weight is 331 g/mol. The Morgan fingerprint density at radius 2 is 2.26 bits per heavy atom. The Morgan fingerprint density at radius 3 is 2.96 bits per heavy atom. The minimum Gasteiger partial charge on any atom is -0.491 e. The molecule has 0 unspecified atom stereocenters. The first kappa shape index (κ1) is 15.2. The third-order valence-corrected chi connectivity index (χ3v) is 3.99. The molecule has 118 valence electrons. The second kappa shape index (κ2) is 6.62. The molecule has 0 aliphatic carbocycles. The highest BCUT2D eigenvalue weighted by molar-refractivity contribution is 7.13. The largest absolute Gasteiger partial charge is 0.491 e. The van der Waals surface area contributed by atoms with Crippen LogP contribution in [-0.2, 0) is 0 Å². The Bertz CT molecular complexity index is 815. The number of ether oxygens (including phenoxy) is 1. The number of hydrogen-bond acceptors (Lipinski definition) is 4. The van der Waals surface area contributed by atoms with Crippen LogP contribution in [0.2, 0.25) is 0 Å². The van der Waals surface area contributed by atoms with Crippen molar-refractivity contribution in [2.45, 2.75) is 6.92 Å². The van der Waals surface area contributed by atoms with E-state index in [1.165, 1.54) is 12.1 Å². The number of thiophene rings is 1. The van der Waals surface area contributed by atoms with E-state index in [1.54, 1.807) is 30.4 Å². The molecule has 2 N–H and O–H groups in total. The van der Waals surface area contributed by atoms with Crippen LogP contribution in [0.25, 0.3) is 10.6 Å². The summed E-state index contributed by atoms with van der Waals surface area (Å²) in [5, 5.41) is 11.4. The Morgan fingerprint density at radius 1 is 1.39 bits per heavy atom. The van der Waals surface area contributed by atoms with Gasteiger partial charge in [-0.1, -0.05) is 6.07 Å². The van der Waals surface area contributed by atoms with Crippen LogP contribution in [0, 0.1) is 5.82 Å². The van der Waals surface area contributed by atoms with Crippen LogP contribution in [0.15, 0.2) is 41.8 Å². The zero-order valence-electron chi connectivity index (χ0n) is 12.3. The summed E-state index contributed by atoms with van der Waals surface area (Å²) in [6.07, 6.45) is 0. The number of benzene rings is 1. The number of nitrogens with one attached hydrogen (secondary N) is 2. The van der Waals surface area contributed by atoms with Gasteiger partial charge in [-0.15, -0.1) is 11.3 Å². The second-order valence-corrected chi connectivity index (χ2v) is 5.62. The predicted octanol–water partition coefficient (Wildman–Crippen LogP) is 3.93. The molecule has 0 atom stereocenters. The van der Waals surface area contributed by atoms with Gasteiger partial charge < -0.3 is 10.1 Å². The fourth-order valence-corrected chi connectivity index (χ4v) is 2.73. The lowest BCUT2D eigenvalue weighted by Crippen LogP contribution is -2.12. The van der Waals surface area contributed by atoms with Gasteiger partial charge in [-0.05, 0) is 36.6 Å². The second-order valence-electron chi connectivity index (χ2n) is 4.68. The zero-order valence-corrected chi connectivity index (χ0v) is 13.1. The number of hydrogen-bond donors (Lipinski definition) is 2. The number of anilines is 1. The minimum absolute atomic E-state index is 0.158. The lowest BCUT2D eigenvalue weighted by Gasteiger charge is -2.07. The van der Waals surface area contributed by atoms with Gasteiger partial charge in [-0.25, -0.2) is 4.39 Å². The quantitative estimate of drug-likeness (QED) is 0.744. The summed E-state index contributed by atoms with van der Waals surface area (Å²) >= 11 is 1.55. The molecule has 0 spiro atoms. The number of carbonyl (C=O) groups excluding carboxylic acids is 1. The van der Waals surface area contributed by atoms with E-state index in [2.05, 4.69) is 15.5 Å². The van der Waals surface area contributed by atoms with Gasteiger partial charge in [0.05, 0.1) is 17.2 Å². The highest BCUT2D eigenvalue weighted by Crippen LogP contribution is 2.24. The van der Waals surface area contributed by atoms with Gasteiger partial charge in [-0.2, -0.15) is 5.10 Å². The summed E-state index contributed by atoms with van der Waals surface area (Å²) < 4.78 is 18.9. The van der Waals surface area contributed by atoms with E-state index in [9.17, 15) is 9.18 Å². The maximum atomic E-state index is 13.8. The lowest BCUT2D eigenvalue weighted by atomic mass is 10.2. The molecular weight excluding hydrogens is 317 g/mol. The van der Waals surface area contributed by atoms with Crippen molar-refractivity contribution < 1.29 is 13.9 Å². The van der Waals surface area contributed by atoms with Crippen LogP contribution in [0.3, 0.4) is 0 Å². The van der Waals surface area contributed by atoms with Gasteiger partial charge in [0.15, 0.2) is 17.3 Å². The lowest BCUT2D eigenvalue weighted by molar-refractivity contribution is 0.102. The van der Waals surface area contributed by atoms with E-state index in [0.29, 0.717) is 12.3 Å². The molecule has 2 aromatic heterocycles. The van der Waals surface area contributed by atoms with Gasteiger partial charge in [0, 0.05) is 11.8 Å². The number of aromatic amines is 1. The van der Waals surface area contributed by atoms with E-state index >= 15 is 0 Å². The smallest absolute Gasteiger partial charge is 0.276 e. The van der Waals surface area contributed by atoms with Crippen LogP contribution in [0.1, 0.15) is 17.4 Å². The van der Waals surface area contributed by atoms with E-state index < -0.39 is 11.7 Å². The van der Waals surface area contributed by atoms with Crippen LogP contribution >= 0.6 is 11.3 Å². The molecule has 7 heteroatoms. The van der Waals surface area contributed by atoms with Crippen molar-refractivity contribution in [1.29, 1.82) is 0 Å². The van der Waals surface area contributed by atoms with Crippen LogP contribution < -0.4 is 10.1 Å². The molecule has 3 aromatic rings. The van der Waals surface area contributed by atoms with Crippen molar-refractivity contribution in [3.8, 4) is 16.3 Å². The molecule has 5 nitrogen and oxygen atoms in total. The Kier molecular flexibility index (Phi) is 4.38. The molecule has 0 bridgehead atoms. The van der Waals surface area contributed by atoms with Crippen LogP contribution in [0.4, 0.5) is 10.1 Å². The molecule has 0 aliphatic rings. The normalized spacial score (nSPS) is 10.5. The Labute approximate surface area is 136 Å². The molecule has 0 radical (unpaired) electrons. The average Bonchev–Trinajstić information content (AvgIpc) is 3.20. The highest BCUT2D eigenvalue weighted by atomic mass is 32.1. The predicted molar refractivity (Wildman–Crippen MR) is 87.4 cm³/mol. The highest BCUT2D eigenvalue weighted by Gasteiger charge is 2.13. The van der Waals surface area contributed by atoms with Gasteiger partial charge in [0.2, 0.25) is 0 Å². The van der Waals surface area contributed by atoms with Crippen molar-refractivity contribution in [1.82, 2.24) is 10.2 Å². The number of aromatic nitrogens is 2. The summed E-state index contributed by atoms with van der Waals surface area (Å²) in [7, 11) is 0. The maximum Gasteiger partial charge on any atom is 0.276 e. The zero-order chi connectivity index (χ0) is 16.2. The van der Waals surface area contributed by atoms with Gasteiger partial charge in [0.25, 0.3) is 5.91 Å². The third-order valence-electron chi connectivity index (χ3n) is 3.09. The standard InChI is InChI=1S/C16H14FN3O2S/c1-2-22-14-6-5-10(8-11(14)17)18-16(21)13-9-12(19-20-13)15-4-3-7-23-15/h3-9H,2H2,1H3,(H,18,21)(H,19,20). The van der Waals surface area contributed by atoms with Crippen molar-refractivity contribution in [2.75, 3.05) is 11.9 Å². The van der Waals surface area contributed by atoms with Gasteiger partial charge in [0.1, 0.15) is 0 Å². The summed E-state index contributed by atoms with van der Waals surface area (Å²) in [5.41, 5.74) is 1.35. The van der Waals surface area contributed by atoms with Crippen LogP contribution in [-0.4, -0.2) is 22.7 Å². The maximum absolute atomic E-state index is 13.8. The fourth-order valence-electron chi connectivity index (χ4n) is 2.04. The number of amides is 1. The first-order chi connectivity index (χ1) is 11.2. The number of carbonyl (C=O) groups is 1. The molecule has 0 saturated carbocycles. The molecule has 3 rings (SSSR count). The van der Waals surface area contributed by atoms with Crippen molar-refractivity contribution >= 4 is 22.9 Å². The van der Waals surface area contributed by atoms with E-state index in [0.717, 1.165) is 10.6 Å². The first-order valence-electron chi connectivity index (χ1n) is 7.00. The van der Waals surface area contributed by atoms with E-state index in [-0.39, 0.29) is 11.4 Å². The first-order valence-corrected chi connectivity index (χ1v) is 7.88. The molecular formula is C16H14FN3O2S. The van der Waals surface area contributed by atoms with Gasteiger partial charge >= 0.3 is 0 Å². The van der Waals surface area contributed by atoms with Crippen molar-refractivity contribution in [3.63, 3.8) is 0 Å². The number of rotatable bonds is 5. The van der Waals surface area contributed by atoms with Crippen molar-refractivity contribution in [2.24, 2.45) is 0 Å². The van der Waals surface area contributed by atoms with E-state index in [1.807, 2.05) is 17.5 Å². The molecule has 0 saturated heterocycles. The molecule has 0 fully saturated rings. The summed E-state index contributed by atoms with van der Waals surface area (Å²) in [6, 6.07) is 9.79. The van der Waals surface area contributed by atoms with Gasteiger partial charge in [-0.3, -0.25) is 9.89 Å². The summed E-state index contributed by atoms with van der Waals surface area (Å²) in [4.78, 5) is 13.2. The number of halogens is 1. The summed E-state index contributed by atoms with van der Waals surface area (Å²) in [6.45, 7) is 2.15. The van der Waals surface area contributed by atoms with Crippen LogP contribution in [0.5, 0.6) is 5.75 Å². The molecule has 1 amide bonds. The Balaban J connectivity index is 1.73. The van der Waals surface area contributed by atoms with Crippen molar-refractivity contribution in [3.05, 3.63) is 53.3 Å². The SMILES string of the molecule is CCOc1ccc(NC(=O)c2cc(-c3cccs3)[nH]n2)cc1F. The molecule has 0 aliphatic heterocycles. The molecule has 23 heavy (non-hydrogen) atoms. The third kappa shape index (κ3) is 3.40. The minimum atomic E-state index is -0.522. The van der Waals surface area contributed by atoms with E-state index in [4.69, 9.17) is 4.74 Å². The monoisotopic (exact) mass is 331 g/mol. The molecule has 2 heterocycles. The Hall–Kier alpha value is -2.67. The topological polar surface area (TPSA) is 67.0 Å². The molecule has 1 aromatic carbocycles. The number of nitrogens with zero attached hydrogens (tertiary/aromatic N) is 1. The fraction of sp³-hybridized carbons (Fsp3) is 0.125. The number of H-pyrrole nitrogens is 1. The summed E-state index contributed by atoms with van der Waals surface area (Å²) in [5.74, 6) is -0.774.